The van der Waals surface area contributed by atoms with Gasteiger partial charge in [0.25, 0.3) is 0 Å². The number of rotatable bonds is 21. The highest BCUT2D eigenvalue weighted by molar-refractivity contribution is 4.69. The summed E-state index contributed by atoms with van der Waals surface area (Å²) in [5.74, 6) is 0. The first kappa shape index (κ1) is 35.9. The third kappa shape index (κ3) is 22.6. The van der Waals surface area contributed by atoms with Crippen LogP contribution >= 0.6 is 0 Å². The van der Waals surface area contributed by atoms with E-state index >= 15 is 0 Å². The summed E-state index contributed by atoms with van der Waals surface area (Å²) in [4.78, 5) is 8.40. The zero-order valence-electron chi connectivity index (χ0n) is 26.8. The third-order valence-electron chi connectivity index (χ3n) is 8.60. The highest BCUT2D eigenvalue weighted by atomic mass is 15.2. The summed E-state index contributed by atoms with van der Waals surface area (Å²) < 4.78 is 0. The fourth-order valence-electron chi connectivity index (χ4n) is 5.94. The van der Waals surface area contributed by atoms with Crippen LogP contribution in [0.15, 0.2) is 0 Å². The van der Waals surface area contributed by atoms with Crippen LogP contribution in [0, 0.1) is 0 Å². The van der Waals surface area contributed by atoms with Crippen molar-refractivity contribution >= 4 is 0 Å². The van der Waals surface area contributed by atoms with Crippen LogP contribution < -0.4 is 5.32 Å². The predicted molar refractivity (Wildman–Crippen MR) is 172 cm³/mol. The van der Waals surface area contributed by atoms with Gasteiger partial charge >= 0.3 is 0 Å². The lowest BCUT2D eigenvalue weighted by Crippen LogP contribution is -2.40. The molecule has 0 aliphatic carbocycles. The van der Waals surface area contributed by atoms with E-state index in [-0.39, 0.29) is 0 Å². The molecule has 0 aromatic heterocycles. The number of hydrogen-bond acceptors (Lipinski definition) is 4. The molecule has 228 valence electrons. The third-order valence-corrected chi connectivity index (χ3v) is 8.60. The molecule has 0 spiro atoms. The number of hydrogen-bond donors (Lipinski definition) is 1. The monoisotopic (exact) mass is 537 g/mol. The van der Waals surface area contributed by atoms with Gasteiger partial charge in [-0.15, -0.1) is 0 Å². The lowest BCUT2D eigenvalue weighted by molar-refractivity contribution is 0.180. The van der Waals surface area contributed by atoms with Crippen molar-refractivity contribution in [3.63, 3.8) is 0 Å². The lowest BCUT2D eigenvalue weighted by Gasteiger charge is -2.30. The standard InChI is InChI=1S/C34H72N4/c1-4-7-10-13-16-19-26-36-30-23-31-38(28-21-18-15-12-9-6-3)34-33-37(29-22-24-35-25-32-36)27-20-17-14-11-8-5-2/h35H,4-34H2,1-3H3. The topological polar surface area (TPSA) is 21.8 Å². The summed E-state index contributed by atoms with van der Waals surface area (Å²) in [5.41, 5.74) is 0. The molecular formula is C34H72N4. The highest BCUT2D eigenvalue weighted by Crippen LogP contribution is 2.10. The Morgan fingerprint density at radius 2 is 0.737 bits per heavy atom. The highest BCUT2D eigenvalue weighted by Gasteiger charge is 2.12. The predicted octanol–water partition coefficient (Wildman–Crippen LogP) is 8.36. The van der Waals surface area contributed by atoms with Gasteiger partial charge in [0.2, 0.25) is 0 Å². The average Bonchev–Trinajstić information content (AvgIpc) is 2.93. The number of nitrogens with zero attached hydrogens (tertiary/aromatic N) is 3. The van der Waals surface area contributed by atoms with E-state index in [0.29, 0.717) is 0 Å². The number of unbranched alkanes of at least 4 members (excludes halogenated alkanes) is 15. The largest absolute Gasteiger partial charge is 0.315 e. The van der Waals surface area contributed by atoms with Gasteiger partial charge in [0, 0.05) is 26.2 Å². The Labute approximate surface area is 241 Å². The molecule has 38 heavy (non-hydrogen) atoms. The molecule has 4 heteroatoms. The minimum Gasteiger partial charge on any atom is -0.315 e. The molecule has 0 saturated carbocycles. The van der Waals surface area contributed by atoms with Gasteiger partial charge in [0.15, 0.2) is 0 Å². The summed E-state index contributed by atoms with van der Waals surface area (Å²) >= 11 is 0. The van der Waals surface area contributed by atoms with E-state index < -0.39 is 0 Å². The minimum absolute atomic E-state index is 1.16. The van der Waals surface area contributed by atoms with E-state index in [4.69, 9.17) is 0 Å². The maximum absolute atomic E-state index is 3.78. The maximum atomic E-state index is 3.78. The molecular weight excluding hydrogens is 464 g/mol. The molecule has 0 radical (unpaired) electrons. The zero-order chi connectivity index (χ0) is 27.4. The first-order valence-corrected chi connectivity index (χ1v) is 17.7. The molecule has 0 amide bonds. The van der Waals surface area contributed by atoms with E-state index in [1.165, 1.54) is 194 Å². The van der Waals surface area contributed by atoms with Crippen molar-refractivity contribution in [3.8, 4) is 0 Å². The van der Waals surface area contributed by atoms with E-state index in [2.05, 4.69) is 40.8 Å². The molecule has 0 unspecified atom stereocenters. The molecule has 0 aromatic carbocycles. The van der Waals surface area contributed by atoms with Gasteiger partial charge in [0.05, 0.1) is 0 Å². The van der Waals surface area contributed by atoms with Crippen LogP contribution in [0.25, 0.3) is 0 Å². The summed E-state index contributed by atoms with van der Waals surface area (Å²) in [6.07, 6.45) is 28.0. The van der Waals surface area contributed by atoms with Crippen LogP contribution in [0.3, 0.4) is 0 Å². The van der Waals surface area contributed by atoms with Crippen LogP contribution in [0.2, 0.25) is 0 Å². The summed E-state index contributed by atoms with van der Waals surface area (Å²) in [5, 5.41) is 3.78. The molecule has 1 heterocycles. The van der Waals surface area contributed by atoms with Gasteiger partial charge in [-0.25, -0.2) is 0 Å². The minimum atomic E-state index is 1.16. The van der Waals surface area contributed by atoms with Crippen LogP contribution in [-0.2, 0) is 0 Å². The first-order chi connectivity index (χ1) is 18.8. The average molecular weight is 537 g/mol. The van der Waals surface area contributed by atoms with Gasteiger partial charge in [-0.1, -0.05) is 117 Å². The normalized spacial score (nSPS) is 18.1. The van der Waals surface area contributed by atoms with Crippen molar-refractivity contribution < 1.29 is 0 Å². The smallest absolute Gasteiger partial charge is 0.0109 e. The Hall–Kier alpha value is -0.160. The molecule has 0 bridgehead atoms. The number of nitrogens with one attached hydrogen (secondary N) is 1. The van der Waals surface area contributed by atoms with Crippen molar-refractivity contribution in [2.24, 2.45) is 0 Å². The van der Waals surface area contributed by atoms with Gasteiger partial charge in [-0.2, -0.15) is 0 Å². The van der Waals surface area contributed by atoms with E-state index in [1.54, 1.807) is 0 Å². The van der Waals surface area contributed by atoms with Gasteiger partial charge in [-0.05, 0) is 77.9 Å². The van der Waals surface area contributed by atoms with E-state index in [1.807, 2.05) is 0 Å². The van der Waals surface area contributed by atoms with Crippen molar-refractivity contribution in [2.75, 3.05) is 72.0 Å². The van der Waals surface area contributed by atoms with Crippen molar-refractivity contribution in [2.45, 2.75) is 149 Å². The Balaban J connectivity index is 2.52. The molecule has 1 N–H and O–H groups in total. The fraction of sp³-hybridized carbons (Fsp3) is 1.00. The Kier molecular flexibility index (Phi) is 26.8. The first-order valence-electron chi connectivity index (χ1n) is 17.7. The van der Waals surface area contributed by atoms with Crippen LogP contribution in [0.1, 0.15) is 149 Å². The van der Waals surface area contributed by atoms with E-state index in [9.17, 15) is 0 Å². The summed E-state index contributed by atoms with van der Waals surface area (Å²) in [7, 11) is 0. The van der Waals surface area contributed by atoms with Crippen LogP contribution in [-0.4, -0.2) is 86.7 Å². The van der Waals surface area contributed by atoms with Gasteiger partial charge in [-0.3, -0.25) is 0 Å². The molecule has 1 saturated heterocycles. The maximum Gasteiger partial charge on any atom is 0.0109 e. The van der Waals surface area contributed by atoms with Crippen LogP contribution in [0.5, 0.6) is 0 Å². The Morgan fingerprint density at radius 3 is 1.18 bits per heavy atom. The molecule has 1 rings (SSSR count). The molecule has 0 aromatic rings. The van der Waals surface area contributed by atoms with Crippen molar-refractivity contribution in [1.82, 2.24) is 20.0 Å². The second-order valence-corrected chi connectivity index (χ2v) is 12.3. The van der Waals surface area contributed by atoms with Gasteiger partial charge < -0.3 is 20.0 Å². The van der Waals surface area contributed by atoms with Gasteiger partial charge in [0.1, 0.15) is 0 Å². The SMILES string of the molecule is CCCCCCCCN1CCCN(CCCCCCCC)CCN(CCCCCCCC)CCCNCC1. The summed E-state index contributed by atoms with van der Waals surface area (Å²) in [6, 6.07) is 0. The molecule has 1 fully saturated rings. The van der Waals surface area contributed by atoms with Crippen LogP contribution in [0.4, 0.5) is 0 Å². The Morgan fingerprint density at radius 1 is 0.368 bits per heavy atom. The molecule has 1 aliphatic heterocycles. The lowest BCUT2D eigenvalue weighted by atomic mass is 10.1. The fourth-order valence-corrected chi connectivity index (χ4v) is 5.94. The summed E-state index contributed by atoms with van der Waals surface area (Å²) in [6.45, 7) is 20.8. The van der Waals surface area contributed by atoms with E-state index in [0.717, 1.165) is 6.54 Å². The molecule has 0 atom stereocenters. The molecule has 1 aliphatic rings. The van der Waals surface area contributed by atoms with Crippen molar-refractivity contribution in [1.29, 1.82) is 0 Å². The second kappa shape index (κ2) is 28.4. The van der Waals surface area contributed by atoms with Crippen molar-refractivity contribution in [3.05, 3.63) is 0 Å². The second-order valence-electron chi connectivity index (χ2n) is 12.3. The quantitative estimate of drug-likeness (QED) is 0.149. The molecule has 4 nitrogen and oxygen atoms in total. The Bertz CT molecular complexity index is 458. The zero-order valence-corrected chi connectivity index (χ0v) is 26.8.